The van der Waals surface area contributed by atoms with E-state index in [1.54, 1.807) is 24.0 Å². The molecule has 1 atom stereocenters. The summed E-state index contributed by atoms with van der Waals surface area (Å²) in [4.78, 5) is 25.3. The summed E-state index contributed by atoms with van der Waals surface area (Å²) in [7, 11) is 0. The second-order valence-corrected chi connectivity index (χ2v) is 7.90. The molecule has 8 heteroatoms. The molecule has 0 fully saturated rings. The molecule has 0 saturated carbocycles. The number of carboxylic acids is 1. The topological polar surface area (TPSA) is 94.5 Å². The first-order chi connectivity index (χ1) is 15.4. The van der Waals surface area contributed by atoms with E-state index in [-0.39, 0.29) is 12.0 Å². The van der Waals surface area contributed by atoms with E-state index in [1.807, 2.05) is 26.0 Å². The summed E-state index contributed by atoms with van der Waals surface area (Å²) in [5.74, 6) is -0.0533. The van der Waals surface area contributed by atoms with Crippen molar-refractivity contribution < 1.29 is 33.6 Å². The number of carbonyl (C=O) groups is 2. The number of amides is 1. The van der Waals surface area contributed by atoms with Crippen molar-refractivity contribution in [2.45, 2.75) is 53.1 Å². The van der Waals surface area contributed by atoms with E-state index in [2.05, 4.69) is 6.92 Å². The molecule has 0 radical (unpaired) electrons. The highest BCUT2D eigenvalue weighted by atomic mass is 16.6. The number of carboxylic acid groups (broad SMARTS) is 1. The molecule has 0 aliphatic rings. The van der Waals surface area contributed by atoms with Gasteiger partial charge < -0.3 is 29.0 Å². The van der Waals surface area contributed by atoms with E-state index in [1.165, 1.54) is 0 Å². The van der Waals surface area contributed by atoms with Gasteiger partial charge in [0.25, 0.3) is 0 Å². The Balaban J connectivity index is 2.53. The Morgan fingerprint density at radius 2 is 1.75 bits per heavy atom. The number of rotatable bonds is 17. The molecule has 0 aliphatic heterocycles. The molecule has 0 saturated heterocycles. The fraction of sp³-hybridized carbons (Fsp3) is 0.667. The number of hydrogen-bond donors (Lipinski definition) is 1. The van der Waals surface area contributed by atoms with Crippen LogP contribution in [0.2, 0.25) is 0 Å². The predicted octanol–water partition coefficient (Wildman–Crippen LogP) is 4.01. The third kappa shape index (κ3) is 11.9. The minimum absolute atomic E-state index is 0.270. The predicted molar refractivity (Wildman–Crippen MR) is 122 cm³/mol. The lowest BCUT2D eigenvalue weighted by molar-refractivity contribution is -0.149. The first-order valence-corrected chi connectivity index (χ1v) is 11.4. The zero-order valence-corrected chi connectivity index (χ0v) is 19.9. The molecule has 0 heterocycles. The van der Waals surface area contributed by atoms with Gasteiger partial charge in [-0.05, 0) is 43.4 Å². The van der Waals surface area contributed by atoms with Gasteiger partial charge in [-0.15, -0.1) is 0 Å². The quantitative estimate of drug-likeness (QED) is 0.356. The van der Waals surface area contributed by atoms with Crippen LogP contribution in [-0.2, 0) is 25.4 Å². The number of hydrogen-bond acceptors (Lipinski definition) is 6. The van der Waals surface area contributed by atoms with E-state index in [0.717, 1.165) is 18.4 Å². The van der Waals surface area contributed by atoms with Crippen LogP contribution in [-0.4, -0.2) is 74.3 Å². The lowest BCUT2D eigenvalue weighted by atomic mass is 10.1. The molecule has 0 spiro atoms. The molecule has 1 aromatic rings. The molecule has 1 unspecified atom stereocenters. The van der Waals surface area contributed by atoms with E-state index in [9.17, 15) is 14.7 Å². The molecule has 0 aromatic heterocycles. The van der Waals surface area contributed by atoms with Crippen LogP contribution in [0.15, 0.2) is 24.3 Å². The van der Waals surface area contributed by atoms with Gasteiger partial charge in [0.05, 0.1) is 13.2 Å². The number of carbonyl (C=O) groups excluding carboxylic acids is 1. The summed E-state index contributed by atoms with van der Waals surface area (Å²) < 4.78 is 21.9. The van der Waals surface area contributed by atoms with Crippen molar-refractivity contribution >= 4 is 12.1 Å². The highest BCUT2D eigenvalue weighted by Gasteiger charge is 2.18. The summed E-state index contributed by atoms with van der Waals surface area (Å²) >= 11 is 0. The zero-order chi connectivity index (χ0) is 23.8. The Bertz CT molecular complexity index is 648. The fourth-order valence-corrected chi connectivity index (χ4v) is 2.86. The first kappa shape index (κ1) is 27.7. The zero-order valence-electron chi connectivity index (χ0n) is 19.9. The Labute approximate surface area is 191 Å². The van der Waals surface area contributed by atoms with E-state index in [4.69, 9.17) is 18.9 Å². The number of benzene rings is 1. The van der Waals surface area contributed by atoms with Gasteiger partial charge in [-0.1, -0.05) is 32.9 Å². The van der Waals surface area contributed by atoms with Crippen LogP contribution in [0.1, 0.15) is 46.1 Å². The van der Waals surface area contributed by atoms with Crippen LogP contribution in [0.4, 0.5) is 4.79 Å². The van der Waals surface area contributed by atoms with Gasteiger partial charge in [0.2, 0.25) is 0 Å². The molecule has 1 rings (SSSR count). The molecular weight excluding hydrogens is 414 g/mol. The number of aliphatic carboxylic acids is 1. The molecule has 1 amide bonds. The second-order valence-electron chi connectivity index (χ2n) is 7.90. The van der Waals surface area contributed by atoms with Crippen molar-refractivity contribution in [2.75, 3.05) is 46.1 Å². The summed E-state index contributed by atoms with van der Waals surface area (Å²) in [6.45, 7) is 11.1. The summed E-state index contributed by atoms with van der Waals surface area (Å²) in [5, 5.41) is 9.21. The Morgan fingerprint density at radius 1 is 1.03 bits per heavy atom. The second kappa shape index (κ2) is 16.3. The molecule has 1 aromatic carbocycles. The maximum Gasteiger partial charge on any atom is 0.409 e. The minimum atomic E-state index is -0.975. The maximum atomic E-state index is 12.4. The average Bonchev–Trinajstić information content (AvgIpc) is 2.76. The fourth-order valence-electron chi connectivity index (χ4n) is 2.86. The molecule has 0 aliphatic carbocycles. The standard InChI is InChI=1S/C24H39NO7/c1-5-14-29-15-7-12-25(24(28)32-18-19(3)4)13-16-31-21-10-8-20(9-11-21)17-22(23(26)27)30-6-2/h8-11,19,22H,5-7,12-18H2,1-4H3,(H,26,27). The average molecular weight is 454 g/mol. The first-order valence-electron chi connectivity index (χ1n) is 11.4. The third-order valence-electron chi connectivity index (χ3n) is 4.48. The van der Waals surface area contributed by atoms with E-state index >= 15 is 0 Å². The summed E-state index contributed by atoms with van der Waals surface area (Å²) in [5.41, 5.74) is 0.851. The minimum Gasteiger partial charge on any atom is -0.492 e. The monoisotopic (exact) mass is 453 g/mol. The molecule has 32 heavy (non-hydrogen) atoms. The largest absolute Gasteiger partial charge is 0.492 e. The van der Waals surface area contributed by atoms with Crippen LogP contribution in [0.5, 0.6) is 5.75 Å². The molecule has 1 N–H and O–H groups in total. The molecule has 0 bridgehead atoms. The van der Waals surface area contributed by atoms with Gasteiger partial charge in [-0.2, -0.15) is 0 Å². The van der Waals surface area contributed by atoms with Crippen molar-refractivity contribution in [3.05, 3.63) is 29.8 Å². The summed E-state index contributed by atoms with van der Waals surface area (Å²) in [6.07, 6.45) is 0.784. The molecule has 8 nitrogen and oxygen atoms in total. The van der Waals surface area contributed by atoms with Gasteiger partial charge in [0, 0.05) is 32.8 Å². The highest BCUT2D eigenvalue weighted by molar-refractivity contribution is 5.72. The maximum absolute atomic E-state index is 12.4. The van der Waals surface area contributed by atoms with Crippen molar-refractivity contribution in [1.82, 2.24) is 4.90 Å². The lowest BCUT2D eigenvalue weighted by Crippen LogP contribution is -2.37. The van der Waals surface area contributed by atoms with Crippen molar-refractivity contribution in [3.8, 4) is 5.75 Å². The lowest BCUT2D eigenvalue weighted by Gasteiger charge is -2.23. The van der Waals surface area contributed by atoms with Crippen molar-refractivity contribution in [2.24, 2.45) is 5.92 Å². The SMILES string of the molecule is CCCOCCCN(CCOc1ccc(CC(OCC)C(=O)O)cc1)C(=O)OCC(C)C. The summed E-state index contributed by atoms with van der Waals surface area (Å²) in [6, 6.07) is 7.23. The Hall–Kier alpha value is -2.32. The normalized spacial score (nSPS) is 11.9. The van der Waals surface area contributed by atoms with Gasteiger partial charge in [-0.3, -0.25) is 0 Å². The van der Waals surface area contributed by atoms with Gasteiger partial charge in [0.1, 0.15) is 12.4 Å². The van der Waals surface area contributed by atoms with Crippen LogP contribution in [0.25, 0.3) is 0 Å². The van der Waals surface area contributed by atoms with Crippen molar-refractivity contribution in [1.29, 1.82) is 0 Å². The number of nitrogens with zero attached hydrogens (tertiary/aromatic N) is 1. The van der Waals surface area contributed by atoms with Crippen molar-refractivity contribution in [3.63, 3.8) is 0 Å². The smallest absolute Gasteiger partial charge is 0.409 e. The van der Waals surface area contributed by atoms with E-state index in [0.29, 0.717) is 58.3 Å². The Kier molecular flexibility index (Phi) is 14.1. The van der Waals surface area contributed by atoms with Gasteiger partial charge >= 0.3 is 12.1 Å². The number of ether oxygens (including phenoxy) is 4. The van der Waals surface area contributed by atoms with Gasteiger partial charge in [0.15, 0.2) is 6.10 Å². The highest BCUT2D eigenvalue weighted by Crippen LogP contribution is 2.15. The van der Waals surface area contributed by atoms with Gasteiger partial charge in [-0.25, -0.2) is 9.59 Å². The van der Waals surface area contributed by atoms with Crippen LogP contribution >= 0.6 is 0 Å². The van der Waals surface area contributed by atoms with Crippen LogP contribution in [0, 0.1) is 5.92 Å². The molecule has 182 valence electrons. The van der Waals surface area contributed by atoms with E-state index < -0.39 is 12.1 Å². The third-order valence-corrected chi connectivity index (χ3v) is 4.48. The van der Waals surface area contributed by atoms with Crippen LogP contribution in [0.3, 0.4) is 0 Å². The Morgan fingerprint density at radius 3 is 2.34 bits per heavy atom. The molecular formula is C24H39NO7. The van der Waals surface area contributed by atoms with Crippen LogP contribution < -0.4 is 4.74 Å².